The van der Waals surface area contributed by atoms with Crippen molar-refractivity contribution in [3.63, 3.8) is 0 Å². The Bertz CT molecular complexity index is 652. The molecule has 0 bridgehead atoms. The van der Waals surface area contributed by atoms with E-state index in [-0.39, 0.29) is 4.83 Å². The van der Waals surface area contributed by atoms with Crippen molar-refractivity contribution < 1.29 is 9.47 Å². The fourth-order valence-electron chi connectivity index (χ4n) is 2.72. The van der Waals surface area contributed by atoms with Crippen LogP contribution in [0.1, 0.15) is 33.5 Å². The summed E-state index contributed by atoms with van der Waals surface area (Å²) in [5.41, 5.74) is 4.92. The van der Waals surface area contributed by atoms with E-state index in [0.717, 1.165) is 36.5 Å². The highest BCUT2D eigenvalue weighted by Gasteiger charge is 2.16. The van der Waals surface area contributed by atoms with Gasteiger partial charge < -0.3 is 9.47 Å². The molecule has 2 nitrogen and oxygen atoms in total. The number of methoxy groups -OCH3 is 1. The molecule has 1 heterocycles. The third kappa shape index (κ3) is 2.93. The highest BCUT2D eigenvalue weighted by molar-refractivity contribution is 9.09. The zero-order valence-corrected chi connectivity index (χ0v) is 13.9. The van der Waals surface area contributed by atoms with Crippen molar-refractivity contribution in [2.24, 2.45) is 0 Å². The molecular formula is C18H19BrO2. The first-order valence-electron chi connectivity index (χ1n) is 7.23. The van der Waals surface area contributed by atoms with Gasteiger partial charge in [0.2, 0.25) is 0 Å². The smallest absolute Gasteiger partial charge is 0.122 e. The highest BCUT2D eigenvalue weighted by atomic mass is 79.9. The molecule has 1 atom stereocenters. The average Bonchev–Trinajstić information content (AvgIpc) is 2.54. The van der Waals surface area contributed by atoms with E-state index < -0.39 is 0 Å². The van der Waals surface area contributed by atoms with Crippen LogP contribution in [0.5, 0.6) is 11.5 Å². The molecule has 0 fully saturated rings. The fourth-order valence-corrected chi connectivity index (χ4v) is 3.29. The second-order valence-electron chi connectivity index (χ2n) is 5.41. The summed E-state index contributed by atoms with van der Waals surface area (Å²) in [5.74, 6) is 1.96. The number of ether oxygens (including phenoxy) is 2. The number of fused-ring (bicyclic) bond motifs is 1. The molecule has 0 radical (unpaired) electrons. The van der Waals surface area contributed by atoms with Crippen molar-refractivity contribution >= 4 is 15.9 Å². The molecule has 1 aliphatic rings. The first-order valence-corrected chi connectivity index (χ1v) is 8.15. The Morgan fingerprint density at radius 2 is 1.90 bits per heavy atom. The van der Waals surface area contributed by atoms with E-state index in [1.54, 1.807) is 7.11 Å². The summed E-state index contributed by atoms with van der Waals surface area (Å²) in [6.45, 7) is 2.89. The van der Waals surface area contributed by atoms with Gasteiger partial charge in [0.1, 0.15) is 11.5 Å². The van der Waals surface area contributed by atoms with Gasteiger partial charge in [-0.3, -0.25) is 0 Å². The van der Waals surface area contributed by atoms with Crippen LogP contribution < -0.4 is 9.47 Å². The Balaban J connectivity index is 1.92. The predicted molar refractivity (Wildman–Crippen MR) is 88.8 cm³/mol. The van der Waals surface area contributed by atoms with Crippen LogP contribution in [-0.4, -0.2) is 13.7 Å². The van der Waals surface area contributed by atoms with Gasteiger partial charge in [-0.05, 0) is 54.2 Å². The average molecular weight is 347 g/mol. The van der Waals surface area contributed by atoms with Crippen LogP contribution in [-0.2, 0) is 6.42 Å². The van der Waals surface area contributed by atoms with Gasteiger partial charge in [-0.1, -0.05) is 40.2 Å². The molecule has 1 aliphatic heterocycles. The molecule has 0 aromatic heterocycles. The molecule has 21 heavy (non-hydrogen) atoms. The minimum Gasteiger partial charge on any atom is -0.496 e. The maximum absolute atomic E-state index is 5.68. The molecule has 0 N–H and O–H groups in total. The lowest BCUT2D eigenvalue weighted by molar-refractivity contribution is 0.288. The van der Waals surface area contributed by atoms with Gasteiger partial charge in [0, 0.05) is 0 Å². The predicted octanol–water partition coefficient (Wildman–Crippen LogP) is 4.81. The number of hydrogen-bond donors (Lipinski definition) is 0. The second kappa shape index (κ2) is 6.10. The minimum absolute atomic E-state index is 0.166. The molecule has 0 saturated carbocycles. The van der Waals surface area contributed by atoms with Gasteiger partial charge in [-0.15, -0.1) is 0 Å². The molecule has 2 aromatic carbocycles. The molecule has 2 aromatic rings. The van der Waals surface area contributed by atoms with Crippen LogP contribution in [0.25, 0.3) is 0 Å². The van der Waals surface area contributed by atoms with E-state index in [2.05, 4.69) is 59.3 Å². The first-order chi connectivity index (χ1) is 10.2. The largest absolute Gasteiger partial charge is 0.496 e. The van der Waals surface area contributed by atoms with Gasteiger partial charge in [0.25, 0.3) is 0 Å². The molecule has 1 unspecified atom stereocenters. The Kier molecular flexibility index (Phi) is 4.20. The molecule has 0 aliphatic carbocycles. The summed E-state index contributed by atoms with van der Waals surface area (Å²) >= 11 is 3.81. The third-order valence-corrected chi connectivity index (χ3v) is 5.01. The van der Waals surface area contributed by atoms with Gasteiger partial charge in [0.15, 0.2) is 0 Å². The van der Waals surface area contributed by atoms with E-state index in [4.69, 9.17) is 9.47 Å². The molecule has 0 spiro atoms. The van der Waals surface area contributed by atoms with Crippen molar-refractivity contribution in [2.45, 2.75) is 24.6 Å². The zero-order valence-electron chi connectivity index (χ0n) is 12.4. The summed E-state index contributed by atoms with van der Waals surface area (Å²) in [5, 5.41) is 0. The summed E-state index contributed by atoms with van der Waals surface area (Å²) < 4.78 is 11.1. The maximum atomic E-state index is 5.68. The van der Waals surface area contributed by atoms with Crippen LogP contribution in [0.2, 0.25) is 0 Å². The quantitative estimate of drug-likeness (QED) is 0.742. The number of rotatable bonds is 3. The van der Waals surface area contributed by atoms with E-state index >= 15 is 0 Å². The minimum atomic E-state index is 0.166. The first kappa shape index (κ1) is 14.5. The number of alkyl halides is 1. The maximum Gasteiger partial charge on any atom is 0.122 e. The molecule has 3 rings (SSSR count). The van der Waals surface area contributed by atoms with Crippen LogP contribution >= 0.6 is 15.9 Å². The lowest BCUT2D eigenvalue weighted by Gasteiger charge is -2.20. The Hall–Kier alpha value is -1.48. The van der Waals surface area contributed by atoms with Crippen LogP contribution in [0.15, 0.2) is 36.4 Å². The Morgan fingerprint density at radius 3 is 2.71 bits per heavy atom. The summed E-state index contributed by atoms with van der Waals surface area (Å²) in [4.78, 5) is 0.166. The molecule has 0 saturated heterocycles. The van der Waals surface area contributed by atoms with E-state index in [0.29, 0.717) is 0 Å². The van der Waals surface area contributed by atoms with Gasteiger partial charge in [-0.25, -0.2) is 0 Å². The fraction of sp³-hybridized carbons (Fsp3) is 0.333. The molecule has 0 amide bonds. The van der Waals surface area contributed by atoms with E-state index in [9.17, 15) is 0 Å². The second-order valence-corrected chi connectivity index (χ2v) is 6.33. The van der Waals surface area contributed by atoms with Gasteiger partial charge in [0.05, 0.1) is 18.5 Å². The third-order valence-electron chi connectivity index (χ3n) is 3.95. The van der Waals surface area contributed by atoms with Crippen molar-refractivity contribution in [3.05, 3.63) is 58.7 Å². The molecule has 3 heteroatoms. The topological polar surface area (TPSA) is 18.5 Å². The van der Waals surface area contributed by atoms with Crippen LogP contribution in [0.4, 0.5) is 0 Å². The lowest BCUT2D eigenvalue weighted by atomic mass is 9.98. The SMILES string of the molecule is COc1cc(C(Br)c2ccc3c(c2)CCCO3)ccc1C. The van der Waals surface area contributed by atoms with E-state index in [1.165, 1.54) is 16.7 Å². The van der Waals surface area contributed by atoms with Gasteiger partial charge >= 0.3 is 0 Å². The Labute approximate surface area is 134 Å². The summed E-state index contributed by atoms with van der Waals surface area (Å²) in [6, 6.07) is 12.8. The van der Waals surface area contributed by atoms with Crippen molar-refractivity contribution in [1.29, 1.82) is 0 Å². The van der Waals surface area contributed by atoms with Crippen molar-refractivity contribution in [1.82, 2.24) is 0 Å². The number of aryl methyl sites for hydroxylation is 2. The number of halogens is 1. The number of hydrogen-bond acceptors (Lipinski definition) is 2. The van der Waals surface area contributed by atoms with Crippen molar-refractivity contribution in [3.8, 4) is 11.5 Å². The molecule has 110 valence electrons. The summed E-state index contributed by atoms with van der Waals surface area (Å²) in [7, 11) is 1.71. The highest BCUT2D eigenvalue weighted by Crippen LogP contribution is 2.36. The van der Waals surface area contributed by atoms with Crippen molar-refractivity contribution in [2.75, 3.05) is 13.7 Å². The van der Waals surface area contributed by atoms with Crippen LogP contribution in [0, 0.1) is 6.92 Å². The number of benzene rings is 2. The normalized spacial score (nSPS) is 15.0. The van der Waals surface area contributed by atoms with E-state index in [1.807, 2.05) is 0 Å². The monoisotopic (exact) mass is 346 g/mol. The van der Waals surface area contributed by atoms with Crippen LogP contribution in [0.3, 0.4) is 0 Å². The van der Waals surface area contributed by atoms with Gasteiger partial charge in [-0.2, -0.15) is 0 Å². The molecular weight excluding hydrogens is 328 g/mol. The standard InChI is InChI=1S/C18H19BrO2/c1-12-5-6-15(11-17(12)20-2)18(19)14-7-8-16-13(10-14)4-3-9-21-16/h5-8,10-11,18H,3-4,9H2,1-2H3. The summed E-state index contributed by atoms with van der Waals surface area (Å²) in [6.07, 6.45) is 2.20. The lowest BCUT2D eigenvalue weighted by Crippen LogP contribution is -2.08. The Morgan fingerprint density at radius 1 is 1.14 bits per heavy atom. The zero-order chi connectivity index (χ0) is 14.8.